The van der Waals surface area contributed by atoms with Crippen LogP contribution in [-0.2, 0) is 0 Å². The zero-order valence-corrected chi connectivity index (χ0v) is 8.89. The van der Waals surface area contributed by atoms with E-state index in [0.717, 1.165) is 13.1 Å². The van der Waals surface area contributed by atoms with E-state index in [9.17, 15) is 0 Å². The highest BCUT2D eigenvalue weighted by atomic mass is 35.5. The first-order valence-electron chi connectivity index (χ1n) is 5.00. The van der Waals surface area contributed by atoms with E-state index in [-0.39, 0.29) is 12.4 Å². The molecule has 0 bridgehead atoms. The molecule has 1 saturated heterocycles. The second-order valence-electron chi connectivity index (χ2n) is 3.85. The maximum Gasteiger partial charge on any atom is 0.0575 e. The van der Waals surface area contributed by atoms with Crippen LogP contribution in [0.15, 0.2) is 35.6 Å². The molecule has 1 aliphatic carbocycles. The Morgan fingerprint density at radius 3 is 3.29 bits per heavy atom. The van der Waals surface area contributed by atoms with Gasteiger partial charge in [0.15, 0.2) is 0 Å². The number of piperazine rings is 1. The molecule has 1 unspecified atom stereocenters. The van der Waals surface area contributed by atoms with Crippen molar-refractivity contribution >= 4 is 12.4 Å². The van der Waals surface area contributed by atoms with Crippen molar-refractivity contribution in [3.63, 3.8) is 0 Å². The molecule has 1 fully saturated rings. The van der Waals surface area contributed by atoms with Gasteiger partial charge in [0.25, 0.3) is 0 Å². The van der Waals surface area contributed by atoms with Crippen LogP contribution in [0.3, 0.4) is 0 Å². The molecule has 0 amide bonds. The number of rotatable bonds is 0. The number of nitrogens with one attached hydrogen (secondary N) is 1. The SMILES string of the molecule is C1=CCC2C(=C1)C=C1CNCCN12.Cl. The second-order valence-corrected chi connectivity index (χ2v) is 3.85. The predicted molar refractivity (Wildman–Crippen MR) is 60.5 cm³/mol. The van der Waals surface area contributed by atoms with Crippen molar-refractivity contribution in [3.05, 3.63) is 35.6 Å². The number of hydrogen-bond acceptors (Lipinski definition) is 2. The van der Waals surface area contributed by atoms with E-state index in [1.165, 1.54) is 24.2 Å². The lowest BCUT2D eigenvalue weighted by Gasteiger charge is -2.34. The van der Waals surface area contributed by atoms with Crippen LogP contribution in [0, 0.1) is 0 Å². The highest BCUT2D eigenvalue weighted by Gasteiger charge is 2.30. The predicted octanol–water partition coefficient (Wildman–Crippen LogP) is 1.47. The highest BCUT2D eigenvalue weighted by molar-refractivity contribution is 5.85. The van der Waals surface area contributed by atoms with Gasteiger partial charge in [-0.1, -0.05) is 18.2 Å². The quantitative estimate of drug-likeness (QED) is 0.652. The first-order valence-corrected chi connectivity index (χ1v) is 5.00. The molecule has 1 atom stereocenters. The molecule has 0 aromatic heterocycles. The Kier molecular flexibility index (Phi) is 2.66. The molecule has 0 radical (unpaired) electrons. The number of halogens is 1. The molecule has 2 aliphatic heterocycles. The third kappa shape index (κ3) is 1.39. The van der Waals surface area contributed by atoms with E-state index >= 15 is 0 Å². The number of fused-ring (bicyclic) bond motifs is 3. The van der Waals surface area contributed by atoms with E-state index < -0.39 is 0 Å². The van der Waals surface area contributed by atoms with E-state index in [2.05, 4.69) is 34.5 Å². The molecule has 3 aliphatic rings. The van der Waals surface area contributed by atoms with Gasteiger partial charge < -0.3 is 10.2 Å². The third-order valence-corrected chi connectivity index (χ3v) is 3.08. The Labute approximate surface area is 90.8 Å². The molecule has 3 rings (SSSR count). The van der Waals surface area contributed by atoms with Gasteiger partial charge in [-0.05, 0) is 18.1 Å². The standard InChI is InChI=1S/C11H14N2.ClH/c1-2-4-11-9(3-1)7-10-8-12-5-6-13(10)11;/h1-3,7,11-12H,4-6,8H2;1H. The highest BCUT2D eigenvalue weighted by Crippen LogP contribution is 2.31. The van der Waals surface area contributed by atoms with Crippen LogP contribution < -0.4 is 5.32 Å². The van der Waals surface area contributed by atoms with Gasteiger partial charge in [0.2, 0.25) is 0 Å². The summed E-state index contributed by atoms with van der Waals surface area (Å²) in [4.78, 5) is 2.55. The maximum absolute atomic E-state index is 3.41. The van der Waals surface area contributed by atoms with Gasteiger partial charge in [0, 0.05) is 25.3 Å². The molecule has 0 spiro atoms. The van der Waals surface area contributed by atoms with Gasteiger partial charge in [-0.15, -0.1) is 12.4 Å². The molecule has 1 N–H and O–H groups in total. The third-order valence-electron chi connectivity index (χ3n) is 3.08. The van der Waals surface area contributed by atoms with Crippen LogP contribution in [0.5, 0.6) is 0 Å². The molecule has 14 heavy (non-hydrogen) atoms. The fourth-order valence-corrected chi connectivity index (χ4v) is 2.43. The van der Waals surface area contributed by atoms with Crippen molar-refractivity contribution in [2.24, 2.45) is 0 Å². The van der Waals surface area contributed by atoms with Gasteiger partial charge in [-0.3, -0.25) is 0 Å². The minimum absolute atomic E-state index is 0. The summed E-state index contributed by atoms with van der Waals surface area (Å²) in [6.07, 6.45) is 10.2. The van der Waals surface area contributed by atoms with Crippen LogP contribution >= 0.6 is 12.4 Å². The molecular formula is C11H15ClN2. The number of hydrogen-bond donors (Lipinski definition) is 1. The van der Waals surface area contributed by atoms with Crippen molar-refractivity contribution in [2.75, 3.05) is 19.6 Å². The summed E-state index contributed by atoms with van der Waals surface area (Å²) in [5, 5.41) is 3.41. The monoisotopic (exact) mass is 210 g/mol. The summed E-state index contributed by atoms with van der Waals surface area (Å²) >= 11 is 0. The first-order chi connectivity index (χ1) is 6.45. The van der Waals surface area contributed by atoms with Crippen molar-refractivity contribution in [1.82, 2.24) is 10.2 Å². The Bertz CT molecular complexity index is 317. The van der Waals surface area contributed by atoms with E-state index in [4.69, 9.17) is 0 Å². The molecule has 2 heterocycles. The maximum atomic E-state index is 3.41. The molecule has 76 valence electrons. The smallest absolute Gasteiger partial charge is 0.0575 e. The summed E-state index contributed by atoms with van der Waals surface area (Å²) in [5.41, 5.74) is 2.98. The van der Waals surface area contributed by atoms with Gasteiger partial charge in [-0.2, -0.15) is 0 Å². The molecular weight excluding hydrogens is 196 g/mol. The summed E-state index contributed by atoms with van der Waals surface area (Å²) < 4.78 is 0. The van der Waals surface area contributed by atoms with Gasteiger partial charge in [0.05, 0.1) is 6.04 Å². The lowest BCUT2D eigenvalue weighted by atomic mass is 10.0. The molecule has 0 aromatic carbocycles. The van der Waals surface area contributed by atoms with Crippen molar-refractivity contribution in [2.45, 2.75) is 12.5 Å². The van der Waals surface area contributed by atoms with Crippen LogP contribution in [0.2, 0.25) is 0 Å². The van der Waals surface area contributed by atoms with Crippen molar-refractivity contribution in [3.8, 4) is 0 Å². The second kappa shape index (κ2) is 3.79. The van der Waals surface area contributed by atoms with Crippen molar-refractivity contribution < 1.29 is 0 Å². The Morgan fingerprint density at radius 2 is 2.36 bits per heavy atom. The summed E-state index contributed by atoms with van der Waals surface area (Å²) in [6, 6.07) is 0.655. The zero-order chi connectivity index (χ0) is 8.67. The van der Waals surface area contributed by atoms with Gasteiger partial charge >= 0.3 is 0 Å². The van der Waals surface area contributed by atoms with E-state index in [1.807, 2.05) is 0 Å². The van der Waals surface area contributed by atoms with Crippen LogP contribution in [-0.4, -0.2) is 30.6 Å². The van der Waals surface area contributed by atoms with Gasteiger partial charge in [0.1, 0.15) is 0 Å². The van der Waals surface area contributed by atoms with Crippen LogP contribution in [0.4, 0.5) is 0 Å². The Hall–Kier alpha value is -0.730. The molecule has 0 saturated carbocycles. The molecule has 2 nitrogen and oxygen atoms in total. The average Bonchev–Trinajstić information content (AvgIpc) is 2.56. The molecule has 0 aromatic rings. The summed E-state index contributed by atoms with van der Waals surface area (Å²) in [6.45, 7) is 3.35. The summed E-state index contributed by atoms with van der Waals surface area (Å²) in [5.74, 6) is 0. The lowest BCUT2D eigenvalue weighted by molar-refractivity contribution is 0.269. The topological polar surface area (TPSA) is 15.3 Å². The van der Waals surface area contributed by atoms with Crippen LogP contribution in [0.25, 0.3) is 0 Å². The first kappa shape index (κ1) is 9.81. The fourth-order valence-electron chi connectivity index (χ4n) is 2.43. The number of allylic oxidation sites excluding steroid dienone is 2. The Morgan fingerprint density at radius 1 is 1.43 bits per heavy atom. The largest absolute Gasteiger partial charge is 0.365 e. The lowest BCUT2D eigenvalue weighted by Crippen LogP contribution is -2.44. The summed E-state index contributed by atoms with van der Waals surface area (Å²) in [7, 11) is 0. The Balaban J connectivity index is 0.000000750. The molecule has 3 heteroatoms. The van der Waals surface area contributed by atoms with Crippen molar-refractivity contribution in [1.29, 1.82) is 0 Å². The minimum Gasteiger partial charge on any atom is -0.365 e. The zero-order valence-electron chi connectivity index (χ0n) is 8.07. The number of nitrogens with zero attached hydrogens (tertiary/aromatic N) is 1. The fraction of sp³-hybridized carbons (Fsp3) is 0.455. The minimum atomic E-state index is 0. The normalized spacial score (nSPS) is 28.6. The van der Waals surface area contributed by atoms with E-state index in [0.29, 0.717) is 6.04 Å². The van der Waals surface area contributed by atoms with E-state index in [1.54, 1.807) is 0 Å². The van der Waals surface area contributed by atoms with Gasteiger partial charge in [-0.25, -0.2) is 0 Å². The van der Waals surface area contributed by atoms with Crippen LogP contribution in [0.1, 0.15) is 6.42 Å². The average molecular weight is 211 g/mol.